The van der Waals surface area contributed by atoms with E-state index in [1.54, 1.807) is 6.92 Å². The van der Waals surface area contributed by atoms with E-state index in [2.05, 4.69) is 20.8 Å². The first-order chi connectivity index (χ1) is 29.8. The third kappa shape index (κ3) is 8.48. The standard InChI is InChI=1S/C44H74O19/c1-18(57-39-36(54)33(51)30(48)26(15-45)59-39)7-12-44(56)19(2)29-25(63-44)14-24-22-6-5-20-13-21(8-10-42(20,3)23(22)9-11-43(24,29)4)58-41-38(35(53)32(50)28(17-47)61-41)62-40-37(55)34(52)31(49)27(16-46)60-40/h18-41,45-56H,5-17H2,1-4H3/t18-,19-,20?,21?,22?,23?,24?,25?,26+,27+,28+,29?,30+,31+,32+,33-,34-,35-,36+,37+,38+,39+,40+,41+,42?,43?,44+/m0/s1. The normalized spacial score (nSPS) is 56.3. The Morgan fingerprint density at radius 1 is 0.619 bits per heavy atom. The van der Waals surface area contributed by atoms with Gasteiger partial charge in [-0.1, -0.05) is 20.8 Å². The van der Waals surface area contributed by atoms with Gasteiger partial charge < -0.3 is 94.4 Å². The zero-order chi connectivity index (χ0) is 45.5. The van der Waals surface area contributed by atoms with Crippen molar-refractivity contribution in [2.75, 3.05) is 19.8 Å². The van der Waals surface area contributed by atoms with Gasteiger partial charge in [-0.05, 0) is 105 Å². The van der Waals surface area contributed by atoms with Crippen molar-refractivity contribution in [3.63, 3.8) is 0 Å². The Morgan fingerprint density at radius 3 is 1.83 bits per heavy atom. The Kier molecular flexibility index (Phi) is 14.4. The van der Waals surface area contributed by atoms with E-state index in [-0.39, 0.29) is 34.9 Å². The Bertz CT molecular complexity index is 1540. The molecule has 4 heterocycles. The number of aliphatic hydroxyl groups excluding tert-OH is 11. The molecule has 0 aromatic carbocycles. The van der Waals surface area contributed by atoms with Gasteiger partial charge in [0, 0.05) is 12.3 Å². The van der Waals surface area contributed by atoms with E-state index in [0.717, 1.165) is 38.5 Å². The monoisotopic (exact) mass is 906 g/mol. The molecule has 8 aliphatic rings. The van der Waals surface area contributed by atoms with Gasteiger partial charge in [-0.15, -0.1) is 0 Å². The summed E-state index contributed by atoms with van der Waals surface area (Å²) < 4.78 is 42.1. The highest BCUT2D eigenvalue weighted by molar-refractivity contribution is 5.15. The highest BCUT2D eigenvalue weighted by Gasteiger charge is 2.68. The van der Waals surface area contributed by atoms with Crippen molar-refractivity contribution < 1.29 is 94.4 Å². The molecule has 0 amide bonds. The molecular formula is C44H74O19. The lowest BCUT2D eigenvalue weighted by Crippen LogP contribution is -2.65. The molecule has 0 radical (unpaired) electrons. The van der Waals surface area contributed by atoms with E-state index in [9.17, 15) is 61.3 Å². The third-order valence-electron chi connectivity index (χ3n) is 17.7. The SMILES string of the molecule is C[C@@H](CC[C@@]1(O)OC2CC3C4CCC5CC(O[C@@H]6O[C@H](CO)[C@@H](O)[C@H](O)[C@H]6O[C@H]6O[C@H](CO)[C@@H](O)[C@H](O)[C@H]6O)CCC5(C)C4CCC3(C)C2[C@@H]1C)O[C@@H]1O[C@H](CO)[C@@H](O)[C@H](O)[C@H]1O. The van der Waals surface area contributed by atoms with Crippen molar-refractivity contribution in [2.45, 2.75) is 208 Å². The molecule has 8 fully saturated rings. The Balaban J connectivity index is 0.884. The topological polar surface area (TPSA) is 307 Å². The van der Waals surface area contributed by atoms with Crippen LogP contribution in [0.25, 0.3) is 0 Å². The fourth-order valence-electron chi connectivity index (χ4n) is 14.0. The van der Waals surface area contributed by atoms with Crippen LogP contribution in [0, 0.1) is 46.3 Å². The Morgan fingerprint density at radius 2 is 1.19 bits per heavy atom. The summed E-state index contributed by atoms with van der Waals surface area (Å²) in [5, 5.41) is 125. The van der Waals surface area contributed by atoms with Crippen molar-refractivity contribution >= 4 is 0 Å². The number of rotatable bonds is 12. The van der Waals surface area contributed by atoms with Crippen LogP contribution in [-0.2, 0) is 33.2 Å². The van der Waals surface area contributed by atoms with Gasteiger partial charge >= 0.3 is 0 Å². The highest BCUT2D eigenvalue weighted by Crippen LogP contribution is 2.71. The van der Waals surface area contributed by atoms with Crippen molar-refractivity contribution in [3.05, 3.63) is 0 Å². The van der Waals surface area contributed by atoms with E-state index < -0.39 is 124 Å². The lowest BCUT2D eigenvalue weighted by molar-refractivity contribution is -0.373. The van der Waals surface area contributed by atoms with Gasteiger partial charge in [-0.2, -0.15) is 0 Å². The van der Waals surface area contributed by atoms with E-state index in [1.807, 2.05) is 0 Å². The minimum atomic E-state index is -1.75. The molecule has 4 saturated carbocycles. The van der Waals surface area contributed by atoms with E-state index >= 15 is 0 Å². The van der Waals surface area contributed by atoms with E-state index in [1.165, 1.54) is 0 Å². The quantitative estimate of drug-likeness (QED) is 0.0941. The molecule has 12 N–H and O–H groups in total. The van der Waals surface area contributed by atoms with Crippen LogP contribution in [0.3, 0.4) is 0 Å². The van der Waals surface area contributed by atoms with E-state index in [4.69, 9.17) is 33.2 Å². The predicted molar refractivity (Wildman–Crippen MR) is 214 cm³/mol. The van der Waals surface area contributed by atoms with Crippen LogP contribution in [0.15, 0.2) is 0 Å². The van der Waals surface area contributed by atoms with Gasteiger partial charge in [0.05, 0.1) is 38.1 Å². The number of hydrogen-bond donors (Lipinski definition) is 12. The first kappa shape index (κ1) is 48.7. The first-order valence-electron chi connectivity index (χ1n) is 23.4. The first-order valence-corrected chi connectivity index (χ1v) is 23.4. The highest BCUT2D eigenvalue weighted by atomic mass is 16.8. The Hall–Kier alpha value is -0.760. The molecule has 27 atom stereocenters. The summed E-state index contributed by atoms with van der Waals surface area (Å²) in [5.74, 6) is 0.368. The molecule has 4 saturated heterocycles. The van der Waals surface area contributed by atoms with Crippen LogP contribution in [0.5, 0.6) is 0 Å². The lowest BCUT2D eigenvalue weighted by Gasteiger charge is -2.61. The summed E-state index contributed by atoms with van der Waals surface area (Å²) in [7, 11) is 0. The zero-order valence-corrected chi connectivity index (χ0v) is 36.8. The molecule has 4 aliphatic heterocycles. The van der Waals surface area contributed by atoms with Crippen LogP contribution in [0.4, 0.5) is 0 Å². The molecule has 8 rings (SSSR count). The molecule has 4 aliphatic carbocycles. The molecule has 63 heavy (non-hydrogen) atoms. The maximum atomic E-state index is 12.0. The summed E-state index contributed by atoms with van der Waals surface area (Å²) in [4.78, 5) is 0. The predicted octanol–water partition coefficient (Wildman–Crippen LogP) is -2.03. The molecule has 0 bridgehead atoms. The Labute approximate surface area is 368 Å². The maximum Gasteiger partial charge on any atom is 0.187 e. The maximum absolute atomic E-state index is 12.0. The number of ether oxygens (including phenoxy) is 7. The second-order valence-electron chi connectivity index (χ2n) is 21.0. The summed E-state index contributed by atoms with van der Waals surface area (Å²) in [5.41, 5.74) is 0.00964. The fraction of sp³-hybridized carbons (Fsp3) is 1.00. The van der Waals surface area contributed by atoms with Gasteiger partial charge in [0.2, 0.25) is 0 Å². The molecule has 0 aromatic rings. The van der Waals surface area contributed by atoms with Crippen molar-refractivity contribution in [1.82, 2.24) is 0 Å². The molecule has 0 aromatic heterocycles. The van der Waals surface area contributed by atoms with Gasteiger partial charge in [0.1, 0.15) is 73.2 Å². The fourth-order valence-corrected chi connectivity index (χ4v) is 14.0. The number of aliphatic hydroxyl groups is 12. The summed E-state index contributed by atoms with van der Waals surface area (Å²) in [6.45, 7) is 6.85. The van der Waals surface area contributed by atoms with Crippen molar-refractivity contribution in [2.24, 2.45) is 46.3 Å². The van der Waals surface area contributed by atoms with Crippen LogP contribution >= 0.6 is 0 Å². The van der Waals surface area contributed by atoms with Crippen LogP contribution in [0.1, 0.15) is 91.9 Å². The van der Waals surface area contributed by atoms with Gasteiger partial charge in [0.15, 0.2) is 24.7 Å². The molecule has 0 spiro atoms. The minimum Gasteiger partial charge on any atom is -0.394 e. The van der Waals surface area contributed by atoms with Crippen molar-refractivity contribution in [1.29, 1.82) is 0 Å². The van der Waals surface area contributed by atoms with E-state index in [0.29, 0.717) is 49.4 Å². The van der Waals surface area contributed by atoms with Crippen LogP contribution in [-0.4, -0.2) is 197 Å². The third-order valence-corrected chi connectivity index (χ3v) is 17.7. The molecule has 9 unspecified atom stereocenters. The lowest BCUT2D eigenvalue weighted by atomic mass is 9.44. The average molecular weight is 907 g/mol. The number of fused-ring (bicyclic) bond motifs is 7. The number of hydrogen-bond acceptors (Lipinski definition) is 19. The molecular weight excluding hydrogens is 832 g/mol. The van der Waals surface area contributed by atoms with Gasteiger partial charge in [0.25, 0.3) is 0 Å². The second kappa shape index (κ2) is 18.6. The summed E-state index contributed by atoms with van der Waals surface area (Å²) in [6, 6.07) is 0. The second-order valence-corrected chi connectivity index (χ2v) is 21.0. The molecule has 364 valence electrons. The largest absolute Gasteiger partial charge is 0.394 e. The van der Waals surface area contributed by atoms with Gasteiger partial charge in [-0.25, -0.2) is 0 Å². The molecule has 19 nitrogen and oxygen atoms in total. The van der Waals surface area contributed by atoms with Crippen molar-refractivity contribution in [3.8, 4) is 0 Å². The molecule has 19 heteroatoms. The summed E-state index contributed by atoms with van der Waals surface area (Å²) >= 11 is 0. The average Bonchev–Trinajstić information content (AvgIpc) is 3.70. The zero-order valence-electron chi connectivity index (χ0n) is 36.8. The minimum absolute atomic E-state index is 0.0272. The summed E-state index contributed by atoms with van der Waals surface area (Å²) in [6.07, 6.45) is -14.9. The van der Waals surface area contributed by atoms with Gasteiger partial charge in [-0.3, -0.25) is 0 Å². The smallest absolute Gasteiger partial charge is 0.187 e. The van der Waals surface area contributed by atoms with Crippen LogP contribution in [0.2, 0.25) is 0 Å². The van der Waals surface area contributed by atoms with Crippen LogP contribution < -0.4 is 0 Å².